The molecule has 4 nitrogen and oxygen atoms in total. The van der Waals surface area contributed by atoms with Crippen molar-refractivity contribution in [2.24, 2.45) is 0 Å². The lowest BCUT2D eigenvalue weighted by atomic mass is 10.0. The van der Waals surface area contributed by atoms with Gasteiger partial charge in [-0.3, -0.25) is 9.69 Å². The molecule has 1 aromatic carbocycles. The van der Waals surface area contributed by atoms with Crippen LogP contribution in [-0.2, 0) is 11.2 Å². The first-order valence-electron chi connectivity index (χ1n) is 7.08. The summed E-state index contributed by atoms with van der Waals surface area (Å²) in [6.45, 7) is 5.97. The molecule has 4 heteroatoms. The third-order valence-corrected chi connectivity index (χ3v) is 4.24. The highest BCUT2D eigenvalue weighted by Gasteiger charge is 2.40. The van der Waals surface area contributed by atoms with Gasteiger partial charge in [-0.2, -0.15) is 0 Å². The normalized spacial score (nSPS) is 23.8. The Labute approximate surface area is 114 Å². The number of likely N-dealkylation sites (N-methyl/N-ethyl adjacent to an activating group) is 1. The van der Waals surface area contributed by atoms with Gasteiger partial charge >= 0.3 is 0 Å². The van der Waals surface area contributed by atoms with E-state index in [1.165, 1.54) is 11.1 Å². The second kappa shape index (κ2) is 4.94. The van der Waals surface area contributed by atoms with Crippen molar-refractivity contribution in [2.75, 3.05) is 38.1 Å². The van der Waals surface area contributed by atoms with Gasteiger partial charge in [-0.15, -0.1) is 0 Å². The number of aryl methyl sites for hydroxylation is 1. The van der Waals surface area contributed by atoms with E-state index in [0.29, 0.717) is 0 Å². The molecule has 0 spiro atoms. The lowest BCUT2D eigenvalue weighted by Gasteiger charge is -2.31. The number of nitrogens with zero attached hydrogens (tertiary/aromatic N) is 2. The number of fused-ring (bicyclic) bond motifs is 1. The van der Waals surface area contributed by atoms with Gasteiger partial charge in [0.25, 0.3) is 0 Å². The summed E-state index contributed by atoms with van der Waals surface area (Å²) >= 11 is 0. The number of amides is 1. The number of benzene rings is 1. The number of carbonyl (C=O) groups excluding carboxylic acids is 1. The summed E-state index contributed by atoms with van der Waals surface area (Å²) in [5.41, 5.74) is 3.60. The average Bonchev–Trinajstić information content (AvgIpc) is 2.72. The molecule has 1 saturated heterocycles. The molecule has 102 valence electrons. The van der Waals surface area contributed by atoms with Crippen LogP contribution in [0.2, 0.25) is 0 Å². The lowest BCUT2D eigenvalue weighted by Crippen LogP contribution is -2.47. The largest absolute Gasteiger partial charge is 0.314 e. The monoisotopic (exact) mass is 259 g/mol. The van der Waals surface area contributed by atoms with Crippen LogP contribution < -0.4 is 10.2 Å². The maximum Gasteiger partial charge on any atom is 0.248 e. The van der Waals surface area contributed by atoms with Gasteiger partial charge in [0.1, 0.15) is 6.04 Å². The van der Waals surface area contributed by atoms with Gasteiger partial charge in [0.15, 0.2) is 0 Å². The Kier molecular flexibility index (Phi) is 3.29. The van der Waals surface area contributed by atoms with Gasteiger partial charge in [0.2, 0.25) is 5.91 Å². The standard InChI is InChI=1S/C15H21N3O/c1-3-11-5-4-6-12-13(11)17(2)15(19)14(12)18-9-7-16-8-10-18/h4-6,14,16H,3,7-10H2,1-2H3. The molecule has 1 N–H and O–H groups in total. The molecule has 0 bridgehead atoms. The van der Waals surface area contributed by atoms with E-state index in [1.54, 1.807) is 0 Å². The Morgan fingerprint density at radius 3 is 2.74 bits per heavy atom. The Morgan fingerprint density at radius 1 is 1.32 bits per heavy atom. The number of rotatable bonds is 2. The second-order valence-corrected chi connectivity index (χ2v) is 5.29. The molecular formula is C15H21N3O. The minimum Gasteiger partial charge on any atom is -0.314 e. The summed E-state index contributed by atoms with van der Waals surface area (Å²) in [7, 11) is 1.91. The van der Waals surface area contributed by atoms with E-state index in [0.717, 1.165) is 38.3 Å². The summed E-state index contributed by atoms with van der Waals surface area (Å²) in [5, 5.41) is 3.34. The van der Waals surface area contributed by atoms with Gasteiger partial charge in [-0.05, 0) is 12.0 Å². The van der Waals surface area contributed by atoms with Crippen molar-refractivity contribution < 1.29 is 4.79 Å². The van der Waals surface area contributed by atoms with Crippen LogP contribution >= 0.6 is 0 Å². The van der Waals surface area contributed by atoms with E-state index in [-0.39, 0.29) is 11.9 Å². The van der Waals surface area contributed by atoms with Crippen LogP contribution in [-0.4, -0.2) is 44.0 Å². The van der Waals surface area contributed by atoms with E-state index >= 15 is 0 Å². The molecular weight excluding hydrogens is 238 g/mol. The number of hydrogen-bond acceptors (Lipinski definition) is 3. The summed E-state index contributed by atoms with van der Waals surface area (Å²) in [4.78, 5) is 16.7. The molecule has 2 aliphatic rings. The van der Waals surface area contributed by atoms with Crippen LogP contribution in [0.3, 0.4) is 0 Å². The summed E-state index contributed by atoms with van der Waals surface area (Å²) in [6.07, 6.45) is 0.967. The first-order chi connectivity index (χ1) is 9.24. The van der Waals surface area contributed by atoms with Gasteiger partial charge in [-0.1, -0.05) is 25.1 Å². The molecule has 1 amide bonds. The number of hydrogen-bond donors (Lipinski definition) is 1. The van der Waals surface area contributed by atoms with E-state index < -0.39 is 0 Å². The van der Waals surface area contributed by atoms with Crippen molar-refractivity contribution in [3.63, 3.8) is 0 Å². The van der Waals surface area contributed by atoms with Crippen LogP contribution in [0.1, 0.15) is 24.1 Å². The van der Waals surface area contributed by atoms with Crippen molar-refractivity contribution in [3.8, 4) is 0 Å². The SMILES string of the molecule is CCc1cccc2c1N(C)C(=O)C2N1CCNCC1. The van der Waals surface area contributed by atoms with E-state index in [4.69, 9.17) is 0 Å². The second-order valence-electron chi connectivity index (χ2n) is 5.29. The van der Waals surface area contributed by atoms with Gasteiger partial charge in [-0.25, -0.2) is 0 Å². The van der Waals surface area contributed by atoms with Crippen molar-refractivity contribution in [3.05, 3.63) is 29.3 Å². The predicted molar refractivity (Wildman–Crippen MR) is 76.4 cm³/mol. The summed E-state index contributed by atoms with van der Waals surface area (Å²) in [5.74, 6) is 0.220. The minimum atomic E-state index is -0.0754. The number of anilines is 1. The first-order valence-corrected chi connectivity index (χ1v) is 7.08. The van der Waals surface area contributed by atoms with Crippen molar-refractivity contribution in [2.45, 2.75) is 19.4 Å². The molecule has 1 atom stereocenters. The van der Waals surface area contributed by atoms with Crippen LogP contribution in [0.15, 0.2) is 18.2 Å². The number of piperazine rings is 1. The van der Waals surface area contributed by atoms with E-state index in [2.05, 4.69) is 35.3 Å². The zero-order chi connectivity index (χ0) is 13.4. The minimum absolute atomic E-state index is 0.0754. The molecule has 0 radical (unpaired) electrons. The molecule has 0 saturated carbocycles. The van der Waals surface area contributed by atoms with Crippen LogP contribution in [0.5, 0.6) is 0 Å². The average molecular weight is 259 g/mol. The highest BCUT2D eigenvalue weighted by Crippen LogP contribution is 2.40. The molecule has 19 heavy (non-hydrogen) atoms. The Hall–Kier alpha value is -1.39. The van der Waals surface area contributed by atoms with Crippen LogP contribution in [0.4, 0.5) is 5.69 Å². The molecule has 0 aliphatic carbocycles. The quantitative estimate of drug-likeness (QED) is 0.866. The predicted octanol–water partition coefficient (Wildman–Crippen LogP) is 1.17. The Balaban J connectivity index is 2.02. The molecule has 1 aromatic rings. The molecule has 1 fully saturated rings. The highest BCUT2D eigenvalue weighted by molar-refractivity contribution is 6.05. The maximum atomic E-state index is 12.6. The Bertz CT molecular complexity index is 494. The topological polar surface area (TPSA) is 35.6 Å². The number of para-hydroxylation sites is 1. The highest BCUT2D eigenvalue weighted by atomic mass is 16.2. The van der Waals surface area contributed by atoms with Crippen molar-refractivity contribution in [1.29, 1.82) is 0 Å². The summed E-state index contributed by atoms with van der Waals surface area (Å²) in [6, 6.07) is 6.25. The molecule has 3 rings (SSSR count). The maximum absolute atomic E-state index is 12.6. The Morgan fingerprint density at radius 2 is 2.05 bits per heavy atom. The first kappa shape index (κ1) is 12.6. The van der Waals surface area contributed by atoms with Crippen molar-refractivity contribution in [1.82, 2.24) is 10.2 Å². The molecule has 2 heterocycles. The fourth-order valence-electron chi connectivity index (χ4n) is 3.25. The fourth-order valence-corrected chi connectivity index (χ4v) is 3.25. The smallest absolute Gasteiger partial charge is 0.248 e. The molecule has 0 aromatic heterocycles. The molecule has 2 aliphatic heterocycles. The third kappa shape index (κ3) is 1.95. The van der Waals surface area contributed by atoms with Gasteiger partial charge in [0.05, 0.1) is 5.69 Å². The number of carbonyl (C=O) groups is 1. The zero-order valence-electron chi connectivity index (χ0n) is 11.6. The third-order valence-electron chi connectivity index (χ3n) is 4.24. The van der Waals surface area contributed by atoms with Crippen LogP contribution in [0.25, 0.3) is 0 Å². The van der Waals surface area contributed by atoms with E-state index in [1.807, 2.05) is 11.9 Å². The van der Waals surface area contributed by atoms with Crippen molar-refractivity contribution >= 4 is 11.6 Å². The lowest BCUT2D eigenvalue weighted by molar-refractivity contribution is -0.123. The zero-order valence-corrected chi connectivity index (χ0v) is 11.6. The van der Waals surface area contributed by atoms with Gasteiger partial charge < -0.3 is 10.2 Å². The fraction of sp³-hybridized carbons (Fsp3) is 0.533. The van der Waals surface area contributed by atoms with Gasteiger partial charge in [0, 0.05) is 38.8 Å². The van der Waals surface area contributed by atoms with E-state index in [9.17, 15) is 4.79 Å². The molecule has 1 unspecified atom stereocenters. The summed E-state index contributed by atoms with van der Waals surface area (Å²) < 4.78 is 0. The number of nitrogens with one attached hydrogen (secondary N) is 1. The van der Waals surface area contributed by atoms with Crippen LogP contribution in [0, 0.1) is 0 Å².